The molecular weight excluding hydrogens is 322 g/mol. The molecule has 0 saturated carbocycles. The Morgan fingerprint density at radius 2 is 2.08 bits per heavy atom. The van der Waals surface area contributed by atoms with Gasteiger partial charge in [-0.1, -0.05) is 30.3 Å². The Kier molecular flexibility index (Phi) is 5.06. The highest BCUT2D eigenvalue weighted by molar-refractivity contribution is 5.82. The first-order chi connectivity index (χ1) is 12.1. The van der Waals surface area contributed by atoms with Crippen LogP contribution in [0.2, 0.25) is 0 Å². The zero-order chi connectivity index (χ0) is 17.8. The van der Waals surface area contributed by atoms with E-state index in [4.69, 9.17) is 0 Å². The average molecular weight is 343 g/mol. The van der Waals surface area contributed by atoms with E-state index in [9.17, 15) is 14.7 Å². The van der Waals surface area contributed by atoms with Gasteiger partial charge >= 0.3 is 5.97 Å². The van der Waals surface area contributed by atoms with Gasteiger partial charge in [-0.2, -0.15) is 0 Å². The number of carboxylic acid groups (broad SMARTS) is 1. The fourth-order valence-corrected chi connectivity index (χ4v) is 3.23. The molecule has 1 aromatic carbocycles. The van der Waals surface area contributed by atoms with Crippen molar-refractivity contribution >= 4 is 11.9 Å². The lowest BCUT2D eigenvalue weighted by Crippen LogP contribution is -2.46. The number of nitrogens with zero attached hydrogens (tertiary/aromatic N) is 5. The number of aryl methyl sites for hydroxylation is 1. The van der Waals surface area contributed by atoms with Crippen molar-refractivity contribution in [2.75, 3.05) is 13.1 Å². The second-order valence-electron chi connectivity index (χ2n) is 6.34. The molecule has 1 aliphatic heterocycles. The van der Waals surface area contributed by atoms with Crippen LogP contribution in [0.25, 0.3) is 0 Å². The number of carboxylic acids is 1. The number of hydrogen-bond acceptors (Lipinski definition) is 5. The molecule has 1 aliphatic rings. The molecule has 8 heteroatoms. The molecule has 0 spiro atoms. The number of likely N-dealkylation sites (tertiary alicyclic amines) is 1. The number of carbonyl (C=O) groups excluding carboxylic acids is 1. The van der Waals surface area contributed by atoms with Gasteiger partial charge in [0, 0.05) is 19.5 Å². The maximum Gasteiger partial charge on any atom is 0.308 e. The Morgan fingerprint density at radius 1 is 1.32 bits per heavy atom. The molecule has 1 saturated heterocycles. The highest BCUT2D eigenvalue weighted by Gasteiger charge is 2.33. The molecule has 2 heterocycles. The van der Waals surface area contributed by atoms with E-state index in [2.05, 4.69) is 15.5 Å². The predicted molar refractivity (Wildman–Crippen MR) is 88.7 cm³/mol. The van der Waals surface area contributed by atoms with Gasteiger partial charge in [-0.15, -0.1) is 5.10 Å². The Balaban J connectivity index is 1.84. The lowest BCUT2D eigenvalue weighted by atomic mass is 9.96. The summed E-state index contributed by atoms with van der Waals surface area (Å²) in [5, 5.41) is 20.8. The third-order valence-electron chi connectivity index (χ3n) is 4.59. The Labute approximate surface area is 145 Å². The molecule has 8 nitrogen and oxygen atoms in total. The number of hydrogen-bond donors (Lipinski definition) is 1. The minimum atomic E-state index is -0.851. The maximum absolute atomic E-state index is 13.1. The van der Waals surface area contributed by atoms with Crippen molar-refractivity contribution in [2.45, 2.75) is 32.2 Å². The fraction of sp³-hybridized carbons (Fsp3) is 0.471. The summed E-state index contributed by atoms with van der Waals surface area (Å²) in [4.78, 5) is 26.1. The van der Waals surface area contributed by atoms with Crippen LogP contribution in [0.15, 0.2) is 30.3 Å². The Hall–Kier alpha value is -2.77. The van der Waals surface area contributed by atoms with Crippen molar-refractivity contribution in [3.05, 3.63) is 41.7 Å². The topological polar surface area (TPSA) is 101 Å². The third-order valence-corrected chi connectivity index (χ3v) is 4.59. The first-order valence-electron chi connectivity index (χ1n) is 8.36. The fourth-order valence-electron chi connectivity index (χ4n) is 3.23. The van der Waals surface area contributed by atoms with Crippen LogP contribution in [-0.2, 0) is 16.0 Å². The molecule has 0 aliphatic carbocycles. The van der Waals surface area contributed by atoms with Crippen LogP contribution in [-0.4, -0.2) is 55.2 Å². The first-order valence-corrected chi connectivity index (χ1v) is 8.36. The van der Waals surface area contributed by atoms with E-state index in [1.54, 1.807) is 11.8 Å². The van der Waals surface area contributed by atoms with Crippen LogP contribution in [0.4, 0.5) is 0 Å². The van der Waals surface area contributed by atoms with E-state index < -0.39 is 17.9 Å². The van der Waals surface area contributed by atoms with Crippen LogP contribution >= 0.6 is 0 Å². The van der Waals surface area contributed by atoms with Crippen LogP contribution in [0.1, 0.15) is 30.3 Å². The SMILES string of the molecule is Cc1nnnn1[C@H](Cc1ccccc1)C(=O)N1CCC[C@@H](C(=O)O)C1. The summed E-state index contributed by atoms with van der Waals surface area (Å²) in [5.74, 6) is -0.938. The van der Waals surface area contributed by atoms with Crippen molar-refractivity contribution in [3.8, 4) is 0 Å². The van der Waals surface area contributed by atoms with Gasteiger partial charge in [0.2, 0.25) is 5.91 Å². The predicted octanol–water partition coefficient (Wildman–Crippen LogP) is 1.09. The first kappa shape index (κ1) is 17.1. The number of amides is 1. The molecule has 2 aromatic rings. The standard InChI is InChI=1S/C17H21N5O3/c1-12-18-19-20-22(12)15(10-13-6-3-2-4-7-13)16(23)21-9-5-8-14(11-21)17(24)25/h2-4,6-7,14-15H,5,8-11H2,1H3,(H,24,25)/t14-,15-/m1/s1. The quantitative estimate of drug-likeness (QED) is 0.872. The molecule has 1 N–H and O–H groups in total. The van der Waals surface area contributed by atoms with Crippen molar-refractivity contribution in [1.29, 1.82) is 0 Å². The largest absolute Gasteiger partial charge is 0.481 e. The lowest BCUT2D eigenvalue weighted by molar-refractivity contribution is -0.146. The number of aliphatic carboxylic acids is 1. The van der Waals surface area contributed by atoms with E-state index in [0.29, 0.717) is 31.6 Å². The molecule has 1 fully saturated rings. The summed E-state index contributed by atoms with van der Waals surface area (Å²) < 4.78 is 1.53. The third kappa shape index (κ3) is 3.84. The van der Waals surface area contributed by atoms with Crippen molar-refractivity contribution < 1.29 is 14.7 Å². The maximum atomic E-state index is 13.1. The van der Waals surface area contributed by atoms with Gasteiger partial charge in [-0.05, 0) is 35.8 Å². The van der Waals surface area contributed by atoms with Gasteiger partial charge < -0.3 is 10.0 Å². The molecule has 132 valence electrons. The monoisotopic (exact) mass is 343 g/mol. The Morgan fingerprint density at radius 3 is 2.72 bits per heavy atom. The number of carbonyl (C=O) groups is 2. The molecule has 0 unspecified atom stereocenters. The van der Waals surface area contributed by atoms with Crippen molar-refractivity contribution in [2.24, 2.45) is 5.92 Å². The van der Waals surface area contributed by atoms with Gasteiger partial charge in [0.1, 0.15) is 11.9 Å². The van der Waals surface area contributed by atoms with Gasteiger partial charge in [0.25, 0.3) is 0 Å². The number of piperidine rings is 1. The highest BCUT2D eigenvalue weighted by atomic mass is 16.4. The minimum Gasteiger partial charge on any atom is -0.481 e. The molecule has 25 heavy (non-hydrogen) atoms. The number of aromatic nitrogens is 4. The van der Waals surface area contributed by atoms with Crippen LogP contribution in [0, 0.1) is 12.8 Å². The summed E-state index contributed by atoms with van der Waals surface area (Å²) in [6.45, 7) is 2.55. The summed E-state index contributed by atoms with van der Waals surface area (Å²) in [5.41, 5.74) is 1.00. The van der Waals surface area contributed by atoms with Gasteiger partial charge in [0.05, 0.1) is 5.92 Å². The second kappa shape index (κ2) is 7.42. The van der Waals surface area contributed by atoms with E-state index in [-0.39, 0.29) is 12.5 Å². The zero-order valence-corrected chi connectivity index (χ0v) is 14.1. The van der Waals surface area contributed by atoms with Crippen LogP contribution < -0.4 is 0 Å². The molecule has 0 radical (unpaired) electrons. The normalized spacial score (nSPS) is 18.8. The van der Waals surface area contributed by atoms with Crippen molar-refractivity contribution in [1.82, 2.24) is 25.1 Å². The van der Waals surface area contributed by atoms with E-state index in [1.807, 2.05) is 30.3 Å². The zero-order valence-electron chi connectivity index (χ0n) is 14.1. The highest BCUT2D eigenvalue weighted by Crippen LogP contribution is 2.23. The summed E-state index contributed by atoms with van der Waals surface area (Å²) in [7, 11) is 0. The molecule has 1 aromatic heterocycles. The average Bonchev–Trinajstić information content (AvgIpc) is 3.06. The van der Waals surface area contributed by atoms with Gasteiger partial charge in [-0.3, -0.25) is 9.59 Å². The summed E-state index contributed by atoms with van der Waals surface area (Å²) in [6.07, 6.45) is 1.75. The Bertz CT molecular complexity index is 746. The van der Waals surface area contributed by atoms with E-state index in [0.717, 1.165) is 5.56 Å². The van der Waals surface area contributed by atoms with Gasteiger partial charge in [0.15, 0.2) is 0 Å². The summed E-state index contributed by atoms with van der Waals surface area (Å²) >= 11 is 0. The smallest absolute Gasteiger partial charge is 0.308 e. The minimum absolute atomic E-state index is 0.134. The van der Waals surface area contributed by atoms with Crippen LogP contribution in [0.5, 0.6) is 0 Å². The number of rotatable bonds is 5. The van der Waals surface area contributed by atoms with Crippen molar-refractivity contribution in [3.63, 3.8) is 0 Å². The van der Waals surface area contributed by atoms with Gasteiger partial charge in [-0.25, -0.2) is 4.68 Å². The molecule has 0 bridgehead atoms. The number of tetrazole rings is 1. The molecular formula is C17H21N5O3. The lowest BCUT2D eigenvalue weighted by Gasteiger charge is -2.33. The van der Waals surface area contributed by atoms with Crippen LogP contribution in [0.3, 0.4) is 0 Å². The molecule has 3 rings (SSSR count). The number of benzene rings is 1. The summed E-state index contributed by atoms with van der Waals surface area (Å²) in [6, 6.07) is 9.09. The van der Waals surface area contributed by atoms with E-state index >= 15 is 0 Å². The second-order valence-corrected chi connectivity index (χ2v) is 6.34. The molecule has 1 amide bonds. The molecule has 2 atom stereocenters. The van der Waals surface area contributed by atoms with E-state index in [1.165, 1.54) is 4.68 Å².